The van der Waals surface area contributed by atoms with E-state index in [1.165, 1.54) is 49.7 Å². The first-order valence-electron chi connectivity index (χ1n) is 19.5. The minimum Gasteiger partial charge on any atom is -0.413 e. The molecule has 0 radical (unpaired) electrons. The molecule has 0 N–H and O–H groups in total. The Hall–Kier alpha value is -0.506. The lowest BCUT2D eigenvalue weighted by atomic mass is 9.60. The number of rotatable bonds is 9. The van der Waals surface area contributed by atoms with E-state index in [0.717, 1.165) is 25.2 Å². The summed E-state index contributed by atoms with van der Waals surface area (Å²) in [5, 5.41) is 0.330. The fourth-order valence-electron chi connectivity index (χ4n) is 9.21. The lowest BCUT2D eigenvalue weighted by Gasteiger charge is -2.46. The van der Waals surface area contributed by atoms with Gasteiger partial charge in [-0.1, -0.05) is 79.7 Å². The van der Waals surface area contributed by atoms with Crippen LogP contribution in [0, 0.1) is 23.2 Å². The van der Waals surface area contributed by atoms with E-state index in [4.69, 9.17) is 24.9 Å². The van der Waals surface area contributed by atoms with Crippen LogP contribution in [0.25, 0.3) is 0 Å². The lowest BCUT2D eigenvalue weighted by Crippen LogP contribution is -2.49. The second-order valence-electron chi connectivity index (χ2n) is 20.6. The van der Waals surface area contributed by atoms with Crippen LogP contribution in [0.4, 0.5) is 0 Å². The van der Waals surface area contributed by atoms with Crippen LogP contribution in [0.3, 0.4) is 0 Å². The van der Waals surface area contributed by atoms with Gasteiger partial charge in [-0.05, 0) is 150 Å². The summed E-state index contributed by atoms with van der Waals surface area (Å²) in [6.45, 7) is 41.9. The zero-order valence-corrected chi connectivity index (χ0v) is 36.3. The highest BCUT2D eigenvalue weighted by Crippen LogP contribution is 2.60. The SMILES string of the molecule is C=C1/C(=C\C=C2/CCC[C@]3(C)[C@@H]([C@H](C)CC[C@H]4OC(C)(C)OC4(C)C)CC[C@@H]23)C[C@@H](O[Si](C)(C)C(C)(C)C)C[C@@H]1O[Si](C)(C)C(C)(C)C. The molecule has 4 nitrogen and oxygen atoms in total. The molecule has 0 unspecified atom stereocenters. The molecule has 276 valence electrons. The quantitative estimate of drug-likeness (QED) is 0.224. The maximum absolute atomic E-state index is 7.11. The molecule has 0 amide bonds. The van der Waals surface area contributed by atoms with Gasteiger partial charge in [-0.3, -0.25) is 0 Å². The Kier molecular flexibility index (Phi) is 11.6. The molecule has 0 bridgehead atoms. The van der Waals surface area contributed by atoms with E-state index >= 15 is 0 Å². The van der Waals surface area contributed by atoms with Crippen molar-refractivity contribution in [1.29, 1.82) is 0 Å². The summed E-state index contributed by atoms with van der Waals surface area (Å²) in [7, 11) is -3.92. The Morgan fingerprint density at radius 2 is 1.52 bits per heavy atom. The molecule has 7 atom stereocenters. The molecule has 3 saturated carbocycles. The van der Waals surface area contributed by atoms with Gasteiger partial charge in [-0.25, -0.2) is 0 Å². The Morgan fingerprint density at radius 3 is 2.08 bits per heavy atom. The molecule has 6 heteroatoms. The van der Waals surface area contributed by atoms with Crippen LogP contribution in [-0.4, -0.2) is 46.3 Å². The third-order valence-corrected chi connectivity index (χ3v) is 23.1. The molecular weight excluding hydrogens is 625 g/mol. The molecule has 1 aliphatic heterocycles. The minimum atomic E-state index is -1.98. The molecule has 1 saturated heterocycles. The zero-order chi connectivity index (χ0) is 36.3. The first-order chi connectivity index (χ1) is 21.7. The minimum absolute atomic E-state index is 0.0252. The van der Waals surface area contributed by atoms with E-state index in [9.17, 15) is 0 Å². The molecule has 0 aromatic heterocycles. The van der Waals surface area contributed by atoms with Crippen LogP contribution in [0.1, 0.15) is 141 Å². The standard InChI is InChI=1S/C42H76O4Si2/c1-29(20-25-37-40(9,10)46-41(11,12)43-37)34-23-24-35-31(19-18-26-42(34,35)13)21-22-32-27-33(44-47(14,15)38(3,4)5)28-36(30(32)2)45-48(16,17)39(6,7)8/h21-22,29,33-37H,2,18-20,23-28H2,1,3-17H3/b31-21+,32-22-/t29-,33-,34-,35+,36+,37-,42-/m1/s1. The van der Waals surface area contributed by atoms with Crippen molar-refractivity contribution in [3.8, 4) is 0 Å². The second kappa shape index (κ2) is 13.8. The van der Waals surface area contributed by atoms with Gasteiger partial charge in [0.15, 0.2) is 22.4 Å². The van der Waals surface area contributed by atoms with E-state index in [0.29, 0.717) is 17.3 Å². The number of hydrogen-bond acceptors (Lipinski definition) is 4. The molecule has 4 rings (SSSR count). The van der Waals surface area contributed by atoms with E-state index in [-0.39, 0.29) is 34.0 Å². The van der Waals surface area contributed by atoms with Crippen molar-refractivity contribution in [2.45, 2.75) is 207 Å². The molecular formula is C42H76O4Si2. The van der Waals surface area contributed by atoms with Crippen LogP contribution in [0.5, 0.6) is 0 Å². The van der Waals surface area contributed by atoms with Gasteiger partial charge in [0.05, 0.1) is 23.9 Å². The highest BCUT2D eigenvalue weighted by molar-refractivity contribution is 6.74. The Labute approximate surface area is 299 Å². The van der Waals surface area contributed by atoms with E-state index in [1.54, 1.807) is 5.57 Å². The largest absolute Gasteiger partial charge is 0.413 e. The average molecular weight is 701 g/mol. The van der Waals surface area contributed by atoms with Gasteiger partial charge in [-0.15, -0.1) is 0 Å². The molecule has 0 spiro atoms. The van der Waals surface area contributed by atoms with Crippen LogP contribution < -0.4 is 0 Å². The Bertz CT molecular complexity index is 1230. The fraction of sp³-hybridized carbons (Fsp3) is 0.857. The Balaban J connectivity index is 1.54. The summed E-state index contributed by atoms with van der Waals surface area (Å²) >= 11 is 0. The third kappa shape index (κ3) is 8.57. The van der Waals surface area contributed by atoms with Crippen LogP contribution in [0.2, 0.25) is 36.3 Å². The maximum atomic E-state index is 7.11. The summed E-state index contributed by atoms with van der Waals surface area (Å²) in [6, 6.07) is 0. The predicted molar refractivity (Wildman–Crippen MR) is 209 cm³/mol. The van der Waals surface area contributed by atoms with Crippen LogP contribution in [0.15, 0.2) is 35.5 Å². The highest BCUT2D eigenvalue weighted by Gasteiger charge is 2.52. The van der Waals surface area contributed by atoms with Crippen molar-refractivity contribution in [3.63, 3.8) is 0 Å². The molecule has 4 fully saturated rings. The van der Waals surface area contributed by atoms with Crippen molar-refractivity contribution in [1.82, 2.24) is 0 Å². The summed E-state index contributed by atoms with van der Waals surface area (Å²) in [5.41, 5.74) is 4.35. The van der Waals surface area contributed by atoms with Gasteiger partial charge >= 0.3 is 0 Å². The molecule has 48 heavy (non-hydrogen) atoms. The zero-order valence-electron chi connectivity index (χ0n) is 34.3. The molecule has 0 aromatic carbocycles. The van der Waals surface area contributed by atoms with Gasteiger partial charge in [0.2, 0.25) is 0 Å². The van der Waals surface area contributed by atoms with Crippen molar-refractivity contribution in [3.05, 3.63) is 35.5 Å². The summed E-state index contributed by atoms with van der Waals surface area (Å²) < 4.78 is 26.8. The number of hydrogen-bond donors (Lipinski definition) is 0. The smallest absolute Gasteiger partial charge is 0.192 e. The topological polar surface area (TPSA) is 36.9 Å². The number of fused-ring (bicyclic) bond motifs is 1. The van der Waals surface area contributed by atoms with Gasteiger partial charge < -0.3 is 18.3 Å². The van der Waals surface area contributed by atoms with Crippen molar-refractivity contribution < 1.29 is 18.3 Å². The summed E-state index contributed by atoms with van der Waals surface area (Å²) in [4.78, 5) is 0. The van der Waals surface area contributed by atoms with Crippen LogP contribution in [-0.2, 0) is 18.3 Å². The maximum Gasteiger partial charge on any atom is 0.192 e. The van der Waals surface area contributed by atoms with Gasteiger partial charge in [0.25, 0.3) is 0 Å². The first-order valence-corrected chi connectivity index (χ1v) is 25.3. The molecule has 0 aromatic rings. The number of allylic oxidation sites excluding steroid dienone is 3. The van der Waals surface area contributed by atoms with Gasteiger partial charge in [0, 0.05) is 6.42 Å². The predicted octanol–water partition coefficient (Wildman–Crippen LogP) is 12.5. The second-order valence-corrected chi connectivity index (χ2v) is 30.1. The van der Waals surface area contributed by atoms with E-state index < -0.39 is 22.4 Å². The first kappa shape index (κ1) is 40.3. The summed E-state index contributed by atoms with van der Waals surface area (Å²) in [5.74, 6) is 1.62. The Morgan fingerprint density at radius 1 is 0.917 bits per heavy atom. The molecule has 4 aliphatic rings. The van der Waals surface area contributed by atoms with Crippen molar-refractivity contribution in [2.24, 2.45) is 23.2 Å². The van der Waals surface area contributed by atoms with Crippen LogP contribution >= 0.6 is 0 Å². The average Bonchev–Trinajstić information content (AvgIpc) is 3.37. The monoisotopic (exact) mass is 701 g/mol. The lowest BCUT2D eigenvalue weighted by molar-refractivity contribution is -0.157. The van der Waals surface area contributed by atoms with Crippen molar-refractivity contribution in [2.75, 3.05) is 0 Å². The van der Waals surface area contributed by atoms with E-state index in [2.05, 4.69) is 121 Å². The van der Waals surface area contributed by atoms with Crippen molar-refractivity contribution >= 4 is 16.6 Å². The molecule has 1 heterocycles. The highest BCUT2D eigenvalue weighted by atomic mass is 28.4. The number of ether oxygens (including phenoxy) is 2. The van der Waals surface area contributed by atoms with Gasteiger partial charge in [0.1, 0.15) is 0 Å². The van der Waals surface area contributed by atoms with Gasteiger partial charge in [-0.2, -0.15) is 0 Å². The summed E-state index contributed by atoms with van der Waals surface area (Å²) in [6.07, 6.45) is 16.0. The van der Waals surface area contributed by atoms with E-state index in [1.807, 2.05) is 0 Å². The normalized spacial score (nSPS) is 35.3. The molecule has 3 aliphatic carbocycles. The third-order valence-electron chi connectivity index (χ3n) is 14.1. The fourth-order valence-corrected chi connectivity index (χ4v) is 11.9.